The van der Waals surface area contributed by atoms with Gasteiger partial charge in [0.1, 0.15) is 0 Å². The number of hydrogen-bond donors (Lipinski definition) is 1. The van der Waals surface area contributed by atoms with Crippen molar-refractivity contribution in [1.29, 1.82) is 0 Å². The minimum absolute atomic E-state index is 0.117. The third-order valence-electron chi connectivity index (χ3n) is 3.57. The highest BCUT2D eigenvalue weighted by Crippen LogP contribution is 2.32. The van der Waals surface area contributed by atoms with Gasteiger partial charge in [-0.1, -0.05) is 18.0 Å². The topological polar surface area (TPSA) is 51.0 Å². The lowest BCUT2D eigenvalue weighted by atomic mass is 9.84. The van der Waals surface area contributed by atoms with E-state index in [2.05, 4.69) is 15.5 Å². The number of alkyl halides is 3. The Labute approximate surface area is 109 Å². The molecule has 2 rings (SSSR count). The van der Waals surface area contributed by atoms with Crippen LogP contribution in [0.15, 0.2) is 4.52 Å². The molecule has 2 unspecified atom stereocenters. The second-order valence-corrected chi connectivity index (χ2v) is 4.95. The lowest BCUT2D eigenvalue weighted by Gasteiger charge is -2.28. The van der Waals surface area contributed by atoms with Crippen molar-refractivity contribution in [2.45, 2.75) is 56.7 Å². The average molecular weight is 277 g/mol. The maximum absolute atomic E-state index is 12.1. The van der Waals surface area contributed by atoms with Gasteiger partial charge in [-0.05, 0) is 19.9 Å². The van der Waals surface area contributed by atoms with Gasteiger partial charge < -0.3 is 9.84 Å². The number of rotatable bonds is 4. The molecule has 1 heterocycles. The molecule has 0 aliphatic heterocycles. The molecule has 1 N–H and O–H groups in total. The van der Waals surface area contributed by atoms with Crippen LogP contribution in [0.25, 0.3) is 0 Å². The summed E-state index contributed by atoms with van der Waals surface area (Å²) in [5, 5.41) is 6.86. The standard InChI is InChI=1S/C12H18F3N3O/c1-16-9-5-3-2-4-8(9)11-17-10(18-19-11)6-7-12(13,14)15/h8-9,16H,2-7H2,1H3. The Kier molecular flexibility index (Phi) is 4.44. The molecule has 1 aromatic rings. The van der Waals surface area contributed by atoms with Gasteiger partial charge in [-0.15, -0.1) is 0 Å². The predicted octanol–water partition coefficient (Wildman–Crippen LogP) is 2.81. The third-order valence-corrected chi connectivity index (χ3v) is 3.57. The highest BCUT2D eigenvalue weighted by molar-refractivity contribution is 5.01. The van der Waals surface area contributed by atoms with Crippen LogP contribution in [-0.4, -0.2) is 29.4 Å². The summed E-state index contributed by atoms with van der Waals surface area (Å²) >= 11 is 0. The van der Waals surface area contributed by atoms with Gasteiger partial charge in [0.25, 0.3) is 0 Å². The molecule has 19 heavy (non-hydrogen) atoms. The zero-order valence-electron chi connectivity index (χ0n) is 10.8. The molecular formula is C12H18F3N3O. The van der Waals surface area contributed by atoms with Crippen molar-refractivity contribution in [2.24, 2.45) is 0 Å². The maximum atomic E-state index is 12.1. The van der Waals surface area contributed by atoms with Crippen molar-refractivity contribution < 1.29 is 17.7 Å². The van der Waals surface area contributed by atoms with Crippen LogP contribution in [0.2, 0.25) is 0 Å². The molecule has 1 fully saturated rings. The Bertz CT molecular complexity index is 405. The Morgan fingerprint density at radius 2 is 2.05 bits per heavy atom. The lowest BCUT2D eigenvalue weighted by Crippen LogP contribution is -2.34. The van der Waals surface area contributed by atoms with E-state index in [1.807, 2.05) is 7.05 Å². The molecule has 108 valence electrons. The fraction of sp³-hybridized carbons (Fsp3) is 0.833. The first-order valence-electron chi connectivity index (χ1n) is 6.56. The van der Waals surface area contributed by atoms with E-state index in [0.717, 1.165) is 25.7 Å². The summed E-state index contributed by atoms with van der Waals surface area (Å²) in [4.78, 5) is 4.12. The van der Waals surface area contributed by atoms with Gasteiger partial charge in [-0.2, -0.15) is 18.2 Å². The van der Waals surface area contributed by atoms with Crippen LogP contribution in [0.4, 0.5) is 13.2 Å². The number of halogens is 3. The van der Waals surface area contributed by atoms with E-state index < -0.39 is 12.6 Å². The Balaban J connectivity index is 1.99. The fourth-order valence-electron chi connectivity index (χ4n) is 2.55. The Morgan fingerprint density at radius 1 is 1.32 bits per heavy atom. The Morgan fingerprint density at radius 3 is 2.74 bits per heavy atom. The van der Waals surface area contributed by atoms with Crippen molar-refractivity contribution in [2.75, 3.05) is 7.05 Å². The van der Waals surface area contributed by atoms with E-state index in [1.54, 1.807) is 0 Å². The third kappa shape index (κ3) is 3.92. The lowest BCUT2D eigenvalue weighted by molar-refractivity contribution is -0.134. The van der Waals surface area contributed by atoms with E-state index in [9.17, 15) is 13.2 Å². The van der Waals surface area contributed by atoms with Crippen molar-refractivity contribution in [3.05, 3.63) is 11.7 Å². The van der Waals surface area contributed by atoms with Crippen molar-refractivity contribution in [1.82, 2.24) is 15.5 Å². The molecule has 7 heteroatoms. The van der Waals surface area contributed by atoms with Gasteiger partial charge >= 0.3 is 6.18 Å². The molecule has 1 aliphatic carbocycles. The molecule has 1 aromatic heterocycles. The molecule has 0 aromatic carbocycles. The van der Waals surface area contributed by atoms with Gasteiger partial charge in [0.05, 0.1) is 12.3 Å². The number of hydrogen-bond acceptors (Lipinski definition) is 4. The minimum Gasteiger partial charge on any atom is -0.339 e. The van der Waals surface area contributed by atoms with Crippen molar-refractivity contribution in [3.8, 4) is 0 Å². The van der Waals surface area contributed by atoms with E-state index in [0.29, 0.717) is 5.89 Å². The molecule has 4 nitrogen and oxygen atoms in total. The first-order valence-corrected chi connectivity index (χ1v) is 6.56. The van der Waals surface area contributed by atoms with Gasteiger partial charge in [0, 0.05) is 12.5 Å². The van der Waals surface area contributed by atoms with Gasteiger partial charge in [0.2, 0.25) is 5.89 Å². The van der Waals surface area contributed by atoms with Crippen LogP contribution in [0.3, 0.4) is 0 Å². The minimum atomic E-state index is -4.18. The summed E-state index contributed by atoms with van der Waals surface area (Å²) in [7, 11) is 1.88. The first-order chi connectivity index (χ1) is 8.99. The monoisotopic (exact) mass is 277 g/mol. The number of aryl methyl sites for hydroxylation is 1. The smallest absolute Gasteiger partial charge is 0.339 e. The van der Waals surface area contributed by atoms with Gasteiger partial charge in [-0.25, -0.2) is 0 Å². The summed E-state index contributed by atoms with van der Waals surface area (Å²) < 4.78 is 41.5. The predicted molar refractivity (Wildman–Crippen MR) is 62.7 cm³/mol. The largest absolute Gasteiger partial charge is 0.389 e. The van der Waals surface area contributed by atoms with Crippen LogP contribution in [0.5, 0.6) is 0 Å². The average Bonchev–Trinajstić information content (AvgIpc) is 2.84. The second kappa shape index (κ2) is 5.90. The normalized spacial score (nSPS) is 24.6. The summed E-state index contributed by atoms with van der Waals surface area (Å²) in [6.07, 6.45) is -1.11. The molecule has 2 atom stereocenters. The molecule has 0 saturated heterocycles. The SMILES string of the molecule is CNC1CCCCC1c1nc(CCC(F)(F)F)no1. The zero-order valence-corrected chi connectivity index (χ0v) is 10.8. The second-order valence-electron chi connectivity index (χ2n) is 4.95. The van der Waals surface area contributed by atoms with Crippen molar-refractivity contribution in [3.63, 3.8) is 0 Å². The van der Waals surface area contributed by atoms with Gasteiger partial charge in [-0.3, -0.25) is 0 Å². The van der Waals surface area contributed by atoms with Gasteiger partial charge in [0.15, 0.2) is 5.82 Å². The highest BCUT2D eigenvalue weighted by Gasteiger charge is 2.31. The Hall–Kier alpha value is -1.11. The van der Waals surface area contributed by atoms with Crippen LogP contribution < -0.4 is 5.32 Å². The number of likely N-dealkylation sites (N-methyl/N-ethyl adjacent to an activating group) is 1. The van der Waals surface area contributed by atoms with Crippen LogP contribution in [0.1, 0.15) is 49.7 Å². The highest BCUT2D eigenvalue weighted by atomic mass is 19.4. The summed E-state index contributed by atoms with van der Waals surface area (Å²) in [6.45, 7) is 0. The molecule has 0 radical (unpaired) electrons. The van der Waals surface area contributed by atoms with Crippen LogP contribution in [0, 0.1) is 0 Å². The molecular weight excluding hydrogens is 259 g/mol. The molecule has 0 spiro atoms. The maximum Gasteiger partial charge on any atom is 0.389 e. The number of nitrogens with zero attached hydrogens (tertiary/aromatic N) is 2. The molecule has 1 aliphatic rings. The van der Waals surface area contributed by atoms with Crippen molar-refractivity contribution >= 4 is 0 Å². The van der Waals surface area contributed by atoms with Crippen LogP contribution in [-0.2, 0) is 6.42 Å². The number of aromatic nitrogens is 2. The summed E-state index contributed by atoms with van der Waals surface area (Å²) in [5.41, 5.74) is 0. The summed E-state index contributed by atoms with van der Waals surface area (Å²) in [5.74, 6) is 0.731. The molecule has 0 amide bonds. The molecule has 1 saturated carbocycles. The van der Waals surface area contributed by atoms with E-state index in [1.165, 1.54) is 0 Å². The van der Waals surface area contributed by atoms with E-state index >= 15 is 0 Å². The number of nitrogens with one attached hydrogen (secondary N) is 1. The summed E-state index contributed by atoms with van der Waals surface area (Å²) in [6, 6.07) is 0.268. The van der Waals surface area contributed by atoms with E-state index in [-0.39, 0.29) is 24.2 Å². The van der Waals surface area contributed by atoms with E-state index in [4.69, 9.17) is 4.52 Å². The first kappa shape index (κ1) is 14.3. The molecule has 0 bridgehead atoms. The zero-order chi connectivity index (χ0) is 13.9. The fourth-order valence-corrected chi connectivity index (χ4v) is 2.55. The van der Waals surface area contributed by atoms with Crippen LogP contribution >= 0.6 is 0 Å². The quantitative estimate of drug-likeness (QED) is 0.919.